The lowest BCUT2D eigenvalue weighted by Gasteiger charge is -2.32. The number of hydrogen-bond donors (Lipinski definition) is 1. The molecule has 1 fully saturated rings. The van der Waals surface area contributed by atoms with Crippen LogP contribution in [0.3, 0.4) is 0 Å². The predicted molar refractivity (Wildman–Crippen MR) is 109 cm³/mol. The maximum Gasteiger partial charge on any atom is 0.0184 e. The molecule has 0 bridgehead atoms. The second-order valence-corrected chi connectivity index (χ2v) is 8.37. The van der Waals surface area contributed by atoms with Gasteiger partial charge in [-0.05, 0) is 70.5 Å². The number of benzene rings is 1. The SMILES string of the molecule is CC(C)N(CCCNCCCSCc1ccccc1)C1CCCC1. The van der Waals surface area contributed by atoms with Gasteiger partial charge in [0.2, 0.25) is 0 Å². The summed E-state index contributed by atoms with van der Waals surface area (Å²) in [6, 6.07) is 12.3. The molecule has 0 atom stereocenters. The Morgan fingerprint density at radius 3 is 2.50 bits per heavy atom. The molecule has 0 heterocycles. The van der Waals surface area contributed by atoms with E-state index < -0.39 is 0 Å². The molecule has 2 nitrogen and oxygen atoms in total. The number of hydrogen-bond acceptors (Lipinski definition) is 3. The molecular formula is C21H36N2S. The number of rotatable bonds is 12. The standard InChI is InChI=1S/C21H36N2S/c1-19(2)23(21-12-6-7-13-21)16-8-14-22-15-9-17-24-18-20-10-4-3-5-11-20/h3-5,10-11,19,21-22H,6-9,12-18H2,1-2H3. The highest BCUT2D eigenvalue weighted by atomic mass is 32.2. The Kier molecular flexibility index (Phi) is 9.86. The van der Waals surface area contributed by atoms with Crippen molar-refractivity contribution in [3.05, 3.63) is 35.9 Å². The highest BCUT2D eigenvalue weighted by molar-refractivity contribution is 7.98. The molecule has 24 heavy (non-hydrogen) atoms. The van der Waals surface area contributed by atoms with Crippen LogP contribution in [0.1, 0.15) is 57.9 Å². The molecule has 2 rings (SSSR count). The van der Waals surface area contributed by atoms with Crippen LogP contribution in [-0.4, -0.2) is 42.4 Å². The average Bonchev–Trinajstić information content (AvgIpc) is 3.11. The lowest BCUT2D eigenvalue weighted by atomic mass is 10.1. The summed E-state index contributed by atoms with van der Waals surface area (Å²) in [6.07, 6.45) is 8.27. The maximum atomic E-state index is 3.63. The van der Waals surface area contributed by atoms with Crippen molar-refractivity contribution in [3.63, 3.8) is 0 Å². The van der Waals surface area contributed by atoms with Gasteiger partial charge in [0.25, 0.3) is 0 Å². The van der Waals surface area contributed by atoms with E-state index >= 15 is 0 Å². The molecule has 0 saturated heterocycles. The van der Waals surface area contributed by atoms with Crippen molar-refractivity contribution >= 4 is 11.8 Å². The van der Waals surface area contributed by atoms with E-state index in [9.17, 15) is 0 Å². The number of nitrogens with one attached hydrogen (secondary N) is 1. The first-order chi connectivity index (χ1) is 11.8. The van der Waals surface area contributed by atoms with Gasteiger partial charge < -0.3 is 5.32 Å². The van der Waals surface area contributed by atoms with Crippen LogP contribution in [0.25, 0.3) is 0 Å². The molecule has 1 saturated carbocycles. The third-order valence-corrected chi connectivity index (χ3v) is 6.10. The van der Waals surface area contributed by atoms with E-state index in [1.165, 1.54) is 62.9 Å². The van der Waals surface area contributed by atoms with Gasteiger partial charge in [0.05, 0.1) is 0 Å². The molecule has 1 N–H and O–H groups in total. The zero-order chi connectivity index (χ0) is 17.0. The molecule has 1 aromatic carbocycles. The number of nitrogens with zero attached hydrogens (tertiary/aromatic N) is 1. The van der Waals surface area contributed by atoms with Crippen LogP contribution < -0.4 is 5.32 Å². The van der Waals surface area contributed by atoms with E-state index in [-0.39, 0.29) is 0 Å². The van der Waals surface area contributed by atoms with Gasteiger partial charge >= 0.3 is 0 Å². The predicted octanol–water partition coefficient (Wildman–Crippen LogP) is 4.94. The molecule has 0 radical (unpaired) electrons. The molecule has 0 unspecified atom stereocenters. The largest absolute Gasteiger partial charge is 0.317 e. The monoisotopic (exact) mass is 348 g/mol. The number of thioether (sulfide) groups is 1. The summed E-state index contributed by atoms with van der Waals surface area (Å²) in [6.45, 7) is 8.30. The Morgan fingerprint density at radius 2 is 1.79 bits per heavy atom. The van der Waals surface area contributed by atoms with Crippen molar-refractivity contribution < 1.29 is 0 Å². The van der Waals surface area contributed by atoms with Crippen molar-refractivity contribution in [2.24, 2.45) is 0 Å². The minimum Gasteiger partial charge on any atom is -0.317 e. The first-order valence-electron chi connectivity index (χ1n) is 9.85. The van der Waals surface area contributed by atoms with E-state index in [2.05, 4.69) is 54.4 Å². The third kappa shape index (κ3) is 7.58. The molecular weight excluding hydrogens is 312 g/mol. The summed E-state index contributed by atoms with van der Waals surface area (Å²) in [4.78, 5) is 2.74. The second-order valence-electron chi connectivity index (χ2n) is 7.27. The Bertz CT molecular complexity index is 415. The summed E-state index contributed by atoms with van der Waals surface area (Å²) in [5, 5.41) is 3.63. The molecule has 0 spiro atoms. The molecule has 0 aliphatic heterocycles. The topological polar surface area (TPSA) is 15.3 Å². The maximum absolute atomic E-state index is 3.63. The van der Waals surface area contributed by atoms with Crippen LogP contribution in [-0.2, 0) is 5.75 Å². The van der Waals surface area contributed by atoms with Crippen LogP contribution in [0.15, 0.2) is 30.3 Å². The van der Waals surface area contributed by atoms with Crippen molar-refractivity contribution in [1.82, 2.24) is 10.2 Å². The highest BCUT2D eigenvalue weighted by Crippen LogP contribution is 2.25. The summed E-state index contributed by atoms with van der Waals surface area (Å²) in [5.74, 6) is 2.40. The first-order valence-corrected chi connectivity index (χ1v) is 11.0. The zero-order valence-electron chi connectivity index (χ0n) is 15.7. The summed E-state index contributed by atoms with van der Waals surface area (Å²) < 4.78 is 0. The summed E-state index contributed by atoms with van der Waals surface area (Å²) in [7, 11) is 0. The van der Waals surface area contributed by atoms with Crippen LogP contribution >= 0.6 is 11.8 Å². The van der Waals surface area contributed by atoms with Crippen LogP contribution in [0.5, 0.6) is 0 Å². The molecule has 1 aliphatic rings. The van der Waals surface area contributed by atoms with Crippen LogP contribution in [0.2, 0.25) is 0 Å². The van der Waals surface area contributed by atoms with Gasteiger partial charge in [0.15, 0.2) is 0 Å². The second kappa shape index (κ2) is 11.9. The highest BCUT2D eigenvalue weighted by Gasteiger charge is 2.23. The van der Waals surface area contributed by atoms with E-state index in [0.29, 0.717) is 6.04 Å². The van der Waals surface area contributed by atoms with Crippen molar-refractivity contribution in [1.29, 1.82) is 0 Å². The average molecular weight is 349 g/mol. The summed E-state index contributed by atoms with van der Waals surface area (Å²) >= 11 is 2.05. The molecule has 0 amide bonds. The molecule has 136 valence electrons. The van der Waals surface area contributed by atoms with Gasteiger partial charge in [-0.2, -0.15) is 11.8 Å². The fraction of sp³-hybridized carbons (Fsp3) is 0.714. The van der Waals surface area contributed by atoms with E-state index in [0.717, 1.165) is 18.3 Å². The third-order valence-electron chi connectivity index (χ3n) is 4.98. The van der Waals surface area contributed by atoms with Gasteiger partial charge in [-0.15, -0.1) is 0 Å². The lowest BCUT2D eigenvalue weighted by Crippen LogP contribution is -2.40. The van der Waals surface area contributed by atoms with E-state index in [4.69, 9.17) is 0 Å². The Morgan fingerprint density at radius 1 is 1.08 bits per heavy atom. The van der Waals surface area contributed by atoms with Crippen molar-refractivity contribution in [2.75, 3.05) is 25.4 Å². The van der Waals surface area contributed by atoms with E-state index in [1.54, 1.807) is 0 Å². The fourth-order valence-electron chi connectivity index (χ4n) is 3.67. The summed E-state index contributed by atoms with van der Waals surface area (Å²) in [5.41, 5.74) is 1.44. The van der Waals surface area contributed by atoms with Gasteiger partial charge in [-0.1, -0.05) is 43.2 Å². The van der Waals surface area contributed by atoms with Gasteiger partial charge in [-0.25, -0.2) is 0 Å². The Hall–Kier alpha value is -0.510. The van der Waals surface area contributed by atoms with Crippen LogP contribution in [0, 0.1) is 0 Å². The fourth-order valence-corrected chi connectivity index (χ4v) is 4.59. The minimum atomic E-state index is 0.697. The van der Waals surface area contributed by atoms with Crippen molar-refractivity contribution in [3.8, 4) is 0 Å². The smallest absolute Gasteiger partial charge is 0.0184 e. The van der Waals surface area contributed by atoms with Crippen LogP contribution in [0.4, 0.5) is 0 Å². The van der Waals surface area contributed by atoms with Gasteiger partial charge in [-0.3, -0.25) is 4.90 Å². The Labute approximate surface area is 153 Å². The molecule has 1 aliphatic carbocycles. The molecule has 1 aromatic rings. The first kappa shape index (κ1) is 19.8. The lowest BCUT2D eigenvalue weighted by molar-refractivity contribution is 0.153. The quantitative estimate of drug-likeness (QED) is 0.538. The van der Waals surface area contributed by atoms with Crippen molar-refractivity contribution in [2.45, 2.75) is 70.2 Å². The van der Waals surface area contributed by atoms with Gasteiger partial charge in [0, 0.05) is 17.8 Å². The van der Waals surface area contributed by atoms with E-state index in [1.807, 2.05) is 11.8 Å². The molecule has 3 heteroatoms. The normalized spacial score (nSPS) is 15.7. The minimum absolute atomic E-state index is 0.697. The molecule has 0 aromatic heterocycles. The Balaban J connectivity index is 1.44. The van der Waals surface area contributed by atoms with Gasteiger partial charge in [0.1, 0.15) is 0 Å². The zero-order valence-corrected chi connectivity index (χ0v) is 16.5.